The van der Waals surface area contributed by atoms with Gasteiger partial charge in [0.25, 0.3) is 0 Å². The maximum absolute atomic E-state index is 2.87. The molecule has 64 heavy (non-hydrogen) atoms. The van der Waals surface area contributed by atoms with Crippen LogP contribution in [0.2, 0.25) is 39.3 Å². The SMILES string of the molecule is CC(C)(C)c1cc2c(cc1-c1ccccc1[Si](C)(C)C)[CH]([Zr]([C]1=CC=CC1)=[C](Cc1ccccc1)Cc1ccccc1)c1cc(-c3ccccc3[Si](C)(C)C)c(C(C)(C)C)cc1-2.Cl.Cl. The van der Waals surface area contributed by atoms with Crippen LogP contribution >= 0.6 is 24.8 Å². The van der Waals surface area contributed by atoms with Crippen molar-refractivity contribution in [1.29, 1.82) is 0 Å². The third-order valence-electron chi connectivity index (χ3n) is 13.3. The first-order chi connectivity index (χ1) is 29.3. The van der Waals surface area contributed by atoms with Crippen molar-refractivity contribution in [3.8, 4) is 33.4 Å². The molecule has 0 saturated heterocycles. The van der Waals surface area contributed by atoms with E-state index in [1.165, 1.54) is 55.6 Å². The summed E-state index contributed by atoms with van der Waals surface area (Å²) in [5, 5.41) is 3.11. The molecule has 0 amide bonds. The Balaban J connectivity index is 0.00000340. The van der Waals surface area contributed by atoms with Crippen LogP contribution < -0.4 is 10.4 Å². The van der Waals surface area contributed by atoms with Gasteiger partial charge in [-0.3, -0.25) is 0 Å². The van der Waals surface area contributed by atoms with Crippen LogP contribution in [0.3, 0.4) is 0 Å². The normalized spacial score (nSPS) is 13.7. The molecule has 5 heteroatoms. The number of allylic oxidation sites excluding steroid dienone is 4. The Morgan fingerprint density at radius 3 is 1.25 bits per heavy atom. The van der Waals surface area contributed by atoms with Crippen molar-refractivity contribution in [2.75, 3.05) is 0 Å². The maximum Gasteiger partial charge on any atom is -0.147 e. The van der Waals surface area contributed by atoms with Crippen LogP contribution in [0.4, 0.5) is 0 Å². The number of rotatable bonds is 10. The molecule has 6 aromatic carbocycles. The molecule has 0 nitrogen and oxygen atoms in total. The summed E-state index contributed by atoms with van der Waals surface area (Å²) >= 11 is -2.87. The minimum Gasteiger partial charge on any atom is -0.147 e. The van der Waals surface area contributed by atoms with Crippen LogP contribution in [-0.4, -0.2) is 19.4 Å². The van der Waals surface area contributed by atoms with Crippen LogP contribution in [0.1, 0.15) is 85.0 Å². The van der Waals surface area contributed by atoms with E-state index in [2.05, 4.69) is 233 Å². The van der Waals surface area contributed by atoms with Crippen LogP contribution in [0.15, 0.2) is 155 Å². The molecule has 2 aliphatic rings. The first-order valence-electron chi connectivity index (χ1n) is 23.0. The summed E-state index contributed by atoms with van der Waals surface area (Å²) in [6, 6.07) is 52.5. The van der Waals surface area contributed by atoms with Gasteiger partial charge < -0.3 is 0 Å². The topological polar surface area (TPSA) is 0 Å². The van der Waals surface area contributed by atoms with Gasteiger partial charge in [-0.05, 0) is 0 Å². The van der Waals surface area contributed by atoms with Crippen molar-refractivity contribution in [2.45, 2.75) is 115 Å². The first-order valence-corrected chi connectivity index (χ1v) is 33.9. The van der Waals surface area contributed by atoms with Crippen molar-refractivity contribution in [3.63, 3.8) is 0 Å². The van der Waals surface area contributed by atoms with Gasteiger partial charge in [-0.2, -0.15) is 0 Å². The van der Waals surface area contributed by atoms with Crippen LogP contribution in [-0.2, 0) is 44.9 Å². The van der Waals surface area contributed by atoms with Gasteiger partial charge >= 0.3 is 387 Å². The molecule has 6 aromatic rings. The number of benzene rings is 6. The van der Waals surface area contributed by atoms with Gasteiger partial charge in [0.1, 0.15) is 0 Å². The smallest absolute Gasteiger partial charge is 0.147 e. The average Bonchev–Trinajstić information content (AvgIpc) is 3.86. The first kappa shape index (κ1) is 50.0. The molecule has 0 aliphatic heterocycles. The fourth-order valence-electron chi connectivity index (χ4n) is 10.3. The second-order valence-electron chi connectivity index (χ2n) is 22.2. The predicted octanol–water partition coefficient (Wildman–Crippen LogP) is 15.7. The Morgan fingerprint density at radius 2 is 0.891 bits per heavy atom. The van der Waals surface area contributed by atoms with E-state index < -0.39 is 37.4 Å². The molecule has 332 valence electrons. The largest absolute Gasteiger partial charge is 0.147 e. The van der Waals surface area contributed by atoms with Crippen molar-refractivity contribution in [3.05, 3.63) is 188 Å². The number of fused-ring (bicyclic) bond motifs is 3. The molecule has 0 atom stereocenters. The fraction of sp³-hybridized carbons (Fsp3) is 0.305. The van der Waals surface area contributed by atoms with E-state index >= 15 is 0 Å². The summed E-state index contributed by atoms with van der Waals surface area (Å²) < 4.78 is 3.86. The molecule has 0 bridgehead atoms. The summed E-state index contributed by atoms with van der Waals surface area (Å²) in [6.45, 7) is 29.7. The maximum atomic E-state index is 2.75. The Labute approximate surface area is 408 Å². The number of hydrogen-bond donors (Lipinski definition) is 0. The van der Waals surface area contributed by atoms with E-state index in [4.69, 9.17) is 0 Å². The van der Waals surface area contributed by atoms with Gasteiger partial charge in [-0.15, -0.1) is 24.8 Å². The van der Waals surface area contributed by atoms with E-state index in [1.807, 2.05) is 0 Å². The molecular weight excluding hydrogens is 927 g/mol. The van der Waals surface area contributed by atoms with Gasteiger partial charge in [-0.25, -0.2) is 0 Å². The minimum absolute atomic E-state index is 0. The molecule has 2 aliphatic carbocycles. The van der Waals surface area contributed by atoms with Crippen molar-refractivity contribution in [2.24, 2.45) is 0 Å². The van der Waals surface area contributed by atoms with Crippen molar-refractivity contribution in [1.82, 2.24) is 0 Å². The predicted molar refractivity (Wildman–Crippen MR) is 290 cm³/mol. The third kappa shape index (κ3) is 10.3. The third-order valence-corrected chi connectivity index (χ3v) is 25.7. The molecule has 0 unspecified atom stereocenters. The summed E-state index contributed by atoms with van der Waals surface area (Å²) in [4.78, 5) is 0. The van der Waals surface area contributed by atoms with Gasteiger partial charge in [0, 0.05) is 0 Å². The molecule has 0 aromatic heterocycles. The second kappa shape index (κ2) is 19.4. The monoisotopic (exact) mass is 994 g/mol. The van der Waals surface area contributed by atoms with Crippen LogP contribution in [0.5, 0.6) is 0 Å². The van der Waals surface area contributed by atoms with Gasteiger partial charge in [0.2, 0.25) is 0 Å². The molecule has 0 heterocycles. The molecule has 0 fully saturated rings. The summed E-state index contributed by atoms with van der Waals surface area (Å²) in [6.07, 6.45) is 10.5. The zero-order valence-electron chi connectivity index (χ0n) is 40.4. The van der Waals surface area contributed by atoms with E-state index in [-0.39, 0.29) is 35.6 Å². The Hall–Kier alpha value is -3.43. The summed E-state index contributed by atoms with van der Waals surface area (Å²) in [5.41, 5.74) is 17.6. The van der Waals surface area contributed by atoms with Gasteiger partial charge in [0.05, 0.1) is 0 Å². The molecule has 0 saturated carbocycles. The zero-order chi connectivity index (χ0) is 44.2. The Bertz CT molecular complexity index is 2570. The second-order valence-corrected chi connectivity index (χ2v) is 39.0. The van der Waals surface area contributed by atoms with E-state index in [9.17, 15) is 0 Å². The van der Waals surface area contributed by atoms with Crippen molar-refractivity contribution < 1.29 is 21.3 Å². The fourth-order valence-corrected chi connectivity index (χ4v) is 22.7. The molecule has 0 N–H and O–H groups in total. The molecule has 8 rings (SSSR count). The summed E-state index contributed by atoms with van der Waals surface area (Å²) in [5.74, 6) is 0. The Morgan fingerprint density at radius 1 is 0.500 bits per heavy atom. The molecule has 0 radical (unpaired) electrons. The van der Waals surface area contributed by atoms with Crippen LogP contribution in [0, 0.1) is 0 Å². The van der Waals surface area contributed by atoms with Gasteiger partial charge in [0.15, 0.2) is 0 Å². The Kier molecular flexibility index (Phi) is 15.2. The average molecular weight is 998 g/mol. The van der Waals surface area contributed by atoms with E-state index in [0.717, 1.165) is 19.3 Å². The summed E-state index contributed by atoms with van der Waals surface area (Å²) in [7, 11) is -3.39. The van der Waals surface area contributed by atoms with Gasteiger partial charge in [-0.1, -0.05) is 0 Å². The number of hydrogen-bond acceptors (Lipinski definition) is 0. The van der Waals surface area contributed by atoms with Crippen molar-refractivity contribution >= 4 is 54.5 Å². The molecular formula is C59H70Cl2Si2Zr. The number of halogens is 2. The zero-order valence-corrected chi connectivity index (χ0v) is 46.5. The molecule has 0 spiro atoms. The minimum atomic E-state index is -2.87. The standard InChI is InChI=1S/C39H49Si2.C15H14.C5H5.2ClH.Zr/c1-38(2,3)34-24-30-26(22-32(34)28-17-13-15-19-36(28)40(7,8)9)21-27-23-33(35(25-31(27)30)39(4,5)6)29-18-14-16-20-37(29)41(10,11)12;1-3-8-14(9-4-1)12-7-13-15-10-5-2-6-11-15;1-2-4-5-3-1;;;/h13-25H,1-12H3;1-6,8-11H,12-13H2;1-3H,4H2;2*1H;. The van der Waals surface area contributed by atoms with Crippen LogP contribution in [0.25, 0.3) is 33.4 Å². The van der Waals surface area contributed by atoms with E-state index in [1.54, 1.807) is 28.0 Å². The van der Waals surface area contributed by atoms with E-state index in [0.29, 0.717) is 3.63 Å². The quantitative estimate of drug-likeness (QED) is 0.120.